The first-order valence-electron chi connectivity index (χ1n) is 7.76. The molecular formula is C17H13F3N4O3. The van der Waals surface area contributed by atoms with E-state index in [-0.39, 0.29) is 23.6 Å². The first-order valence-corrected chi connectivity index (χ1v) is 7.76. The number of halogens is 3. The van der Waals surface area contributed by atoms with E-state index in [2.05, 4.69) is 15.3 Å². The number of nitro benzene ring substituents is 1. The molecule has 2 N–H and O–H groups in total. The number of nitro groups is 1. The van der Waals surface area contributed by atoms with E-state index in [0.717, 1.165) is 0 Å². The summed E-state index contributed by atoms with van der Waals surface area (Å²) in [5.74, 6) is -1.34. The third-order valence-electron chi connectivity index (χ3n) is 3.81. The number of fused-ring (bicyclic) bond motifs is 1. The predicted octanol–water partition coefficient (Wildman–Crippen LogP) is 3.70. The Hall–Kier alpha value is -3.27. The topological polar surface area (TPSA) is 101 Å². The van der Waals surface area contributed by atoms with Gasteiger partial charge in [0.25, 0.3) is 5.69 Å². The van der Waals surface area contributed by atoms with Crippen molar-refractivity contribution in [2.24, 2.45) is 0 Å². The molecule has 0 aliphatic carbocycles. The lowest BCUT2D eigenvalue weighted by molar-refractivity contribution is -0.384. The van der Waals surface area contributed by atoms with Gasteiger partial charge in [0.1, 0.15) is 5.82 Å². The molecule has 0 unspecified atom stereocenters. The number of para-hydroxylation sites is 1. The van der Waals surface area contributed by atoms with Crippen molar-refractivity contribution >= 4 is 22.4 Å². The van der Waals surface area contributed by atoms with Crippen LogP contribution in [0, 0.1) is 10.1 Å². The number of nitrogens with zero attached hydrogens (tertiary/aromatic N) is 3. The molecule has 1 aromatic heterocycles. The fraction of sp³-hybridized carbons (Fsp3) is 0.176. The van der Waals surface area contributed by atoms with Crippen molar-refractivity contribution in [2.75, 3.05) is 11.9 Å². The van der Waals surface area contributed by atoms with Crippen LogP contribution in [0.2, 0.25) is 0 Å². The number of non-ortho nitro benzene ring substituents is 1. The molecule has 0 saturated heterocycles. The molecule has 10 heteroatoms. The van der Waals surface area contributed by atoms with Crippen LogP contribution in [0.1, 0.15) is 17.5 Å². The van der Waals surface area contributed by atoms with Crippen molar-refractivity contribution < 1.29 is 23.2 Å². The second kappa shape index (κ2) is 7.16. The Balaban J connectivity index is 1.84. The monoisotopic (exact) mass is 378 g/mol. The molecule has 0 amide bonds. The second-order valence-electron chi connectivity index (χ2n) is 5.66. The van der Waals surface area contributed by atoms with Crippen LogP contribution in [0.5, 0.6) is 0 Å². The minimum Gasteiger partial charge on any atom is -0.387 e. The van der Waals surface area contributed by atoms with Crippen molar-refractivity contribution in [1.82, 2.24) is 9.97 Å². The number of hydrogen-bond acceptors (Lipinski definition) is 6. The minimum absolute atomic E-state index is 0.0612. The molecule has 2 aromatic carbocycles. The van der Waals surface area contributed by atoms with Crippen LogP contribution in [0.4, 0.5) is 24.7 Å². The first-order chi connectivity index (χ1) is 12.8. The van der Waals surface area contributed by atoms with Crippen molar-refractivity contribution in [3.05, 3.63) is 70.0 Å². The average molecular weight is 378 g/mol. The summed E-state index contributed by atoms with van der Waals surface area (Å²) in [5.41, 5.74) is 0.366. The lowest BCUT2D eigenvalue weighted by atomic mass is 10.1. The number of alkyl halides is 3. The van der Waals surface area contributed by atoms with Crippen molar-refractivity contribution in [1.29, 1.82) is 0 Å². The summed E-state index contributed by atoms with van der Waals surface area (Å²) in [6.45, 7) is -0.143. The summed E-state index contributed by atoms with van der Waals surface area (Å²) >= 11 is 0. The second-order valence-corrected chi connectivity index (χ2v) is 5.66. The Morgan fingerprint density at radius 3 is 2.41 bits per heavy atom. The molecule has 27 heavy (non-hydrogen) atoms. The number of benzene rings is 2. The SMILES string of the molecule is O=[N+]([O-])c1ccc([C@H](O)CNc2nc(C(F)(F)F)nc3ccccc23)cc1. The highest BCUT2D eigenvalue weighted by molar-refractivity contribution is 5.89. The highest BCUT2D eigenvalue weighted by atomic mass is 19.4. The van der Waals surface area contributed by atoms with Gasteiger partial charge in [-0.3, -0.25) is 10.1 Å². The highest BCUT2D eigenvalue weighted by Gasteiger charge is 2.35. The molecular weight excluding hydrogens is 365 g/mol. The van der Waals surface area contributed by atoms with Gasteiger partial charge in [-0.05, 0) is 29.8 Å². The summed E-state index contributed by atoms with van der Waals surface area (Å²) in [6.07, 6.45) is -5.81. The number of anilines is 1. The molecule has 0 fully saturated rings. The zero-order chi connectivity index (χ0) is 19.6. The van der Waals surface area contributed by atoms with Gasteiger partial charge in [-0.15, -0.1) is 0 Å². The van der Waals surface area contributed by atoms with Gasteiger partial charge in [0.05, 0.1) is 16.5 Å². The minimum atomic E-state index is -4.71. The summed E-state index contributed by atoms with van der Waals surface area (Å²) in [4.78, 5) is 17.1. The average Bonchev–Trinajstić information content (AvgIpc) is 2.65. The molecule has 0 bridgehead atoms. The number of aliphatic hydroxyl groups is 1. The van der Waals surface area contributed by atoms with Gasteiger partial charge in [0.2, 0.25) is 5.82 Å². The zero-order valence-corrected chi connectivity index (χ0v) is 13.6. The molecule has 0 aliphatic rings. The lowest BCUT2D eigenvalue weighted by Gasteiger charge is -2.15. The van der Waals surface area contributed by atoms with E-state index in [9.17, 15) is 28.4 Å². The van der Waals surface area contributed by atoms with E-state index in [0.29, 0.717) is 10.9 Å². The number of aromatic nitrogens is 2. The van der Waals surface area contributed by atoms with Gasteiger partial charge >= 0.3 is 6.18 Å². The van der Waals surface area contributed by atoms with Crippen LogP contribution in [0.25, 0.3) is 10.9 Å². The normalized spacial score (nSPS) is 12.7. The molecule has 1 heterocycles. The molecule has 3 rings (SSSR count). The van der Waals surface area contributed by atoms with E-state index in [1.54, 1.807) is 18.2 Å². The largest absolute Gasteiger partial charge is 0.451 e. The summed E-state index contributed by atoms with van der Waals surface area (Å²) < 4.78 is 39.0. The van der Waals surface area contributed by atoms with Crippen LogP contribution in [-0.2, 0) is 6.18 Å². The number of nitrogens with one attached hydrogen (secondary N) is 1. The van der Waals surface area contributed by atoms with E-state index < -0.39 is 23.0 Å². The van der Waals surface area contributed by atoms with Crippen LogP contribution in [0.3, 0.4) is 0 Å². The third-order valence-corrected chi connectivity index (χ3v) is 3.81. The first kappa shape index (κ1) is 18.5. The maximum atomic E-state index is 13.0. The number of aliphatic hydroxyl groups excluding tert-OH is 1. The Bertz CT molecular complexity index is 977. The molecule has 1 atom stereocenters. The lowest BCUT2D eigenvalue weighted by Crippen LogP contribution is -2.17. The zero-order valence-electron chi connectivity index (χ0n) is 13.6. The Morgan fingerprint density at radius 2 is 1.78 bits per heavy atom. The summed E-state index contributed by atoms with van der Waals surface area (Å²) in [5, 5.41) is 23.9. The number of rotatable bonds is 5. The van der Waals surface area contributed by atoms with Gasteiger partial charge < -0.3 is 10.4 Å². The van der Waals surface area contributed by atoms with Crippen molar-refractivity contribution in [3.63, 3.8) is 0 Å². The smallest absolute Gasteiger partial charge is 0.387 e. The van der Waals surface area contributed by atoms with Crippen LogP contribution in [0.15, 0.2) is 48.5 Å². The molecule has 140 valence electrons. The van der Waals surface area contributed by atoms with E-state index in [1.165, 1.54) is 30.3 Å². The maximum Gasteiger partial charge on any atom is 0.451 e. The van der Waals surface area contributed by atoms with Gasteiger partial charge in [0.15, 0.2) is 0 Å². The molecule has 0 aliphatic heterocycles. The van der Waals surface area contributed by atoms with E-state index in [4.69, 9.17) is 0 Å². The fourth-order valence-corrected chi connectivity index (χ4v) is 2.47. The van der Waals surface area contributed by atoms with Gasteiger partial charge in [-0.2, -0.15) is 13.2 Å². The van der Waals surface area contributed by atoms with Crippen molar-refractivity contribution in [2.45, 2.75) is 12.3 Å². The predicted molar refractivity (Wildman–Crippen MR) is 91.1 cm³/mol. The van der Waals surface area contributed by atoms with Crippen LogP contribution >= 0.6 is 0 Å². The van der Waals surface area contributed by atoms with Gasteiger partial charge in [-0.1, -0.05) is 12.1 Å². The van der Waals surface area contributed by atoms with E-state index >= 15 is 0 Å². The number of hydrogen-bond donors (Lipinski definition) is 2. The summed E-state index contributed by atoms with van der Waals surface area (Å²) in [7, 11) is 0. The Morgan fingerprint density at radius 1 is 1.11 bits per heavy atom. The standard InChI is InChI=1S/C17H13F3N4O3/c18-17(19,20)16-22-13-4-2-1-3-12(13)15(23-16)21-9-14(25)10-5-7-11(8-6-10)24(26)27/h1-8,14,25H,9H2,(H,21,22,23)/t14-/m1/s1. The summed E-state index contributed by atoms with van der Waals surface area (Å²) in [6, 6.07) is 11.4. The van der Waals surface area contributed by atoms with Crippen LogP contribution < -0.4 is 5.32 Å². The molecule has 0 radical (unpaired) electrons. The fourth-order valence-electron chi connectivity index (χ4n) is 2.47. The molecule has 0 saturated carbocycles. The van der Waals surface area contributed by atoms with Gasteiger partial charge in [0, 0.05) is 24.1 Å². The maximum absolute atomic E-state index is 13.0. The van der Waals surface area contributed by atoms with Crippen molar-refractivity contribution in [3.8, 4) is 0 Å². The third kappa shape index (κ3) is 4.11. The van der Waals surface area contributed by atoms with Gasteiger partial charge in [-0.25, -0.2) is 9.97 Å². The molecule has 3 aromatic rings. The Kier molecular flexibility index (Phi) is 4.91. The van der Waals surface area contributed by atoms with Crippen LogP contribution in [-0.4, -0.2) is 26.5 Å². The quantitative estimate of drug-likeness (QED) is 0.519. The highest BCUT2D eigenvalue weighted by Crippen LogP contribution is 2.30. The van der Waals surface area contributed by atoms with E-state index in [1.807, 2.05) is 0 Å². The molecule has 7 nitrogen and oxygen atoms in total. The Labute approximate surface area is 150 Å². The molecule has 0 spiro atoms.